The molecule has 0 spiro atoms. The maximum absolute atomic E-state index is 5.74. The van der Waals surface area contributed by atoms with E-state index in [0.717, 1.165) is 11.0 Å². The molecule has 0 aromatic heterocycles. The third-order valence-electron chi connectivity index (χ3n) is 2.42. The molecule has 1 nitrogen and oxygen atoms in total. The van der Waals surface area contributed by atoms with E-state index in [1.54, 1.807) is 0 Å². The summed E-state index contributed by atoms with van der Waals surface area (Å²) in [5.74, 6) is 1.77. The summed E-state index contributed by atoms with van der Waals surface area (Å²) >= 11 is 5.44. The number of hydrogen-bond donors (Lipinski definition) is 1. The molecule has 1 aliphatic rings. The molecule has 0 bridgehead atoms. The highest BCUT2D eigenvalue weighted by atomic mass is 79.9. The highest BCUT2D eigenvalue weighted by Gasteiger charge is 2.19. The fourth-order valence-corrected chi connectivity index (χ4v) is 3.24. The SMILES string of the molecule is NCC1CCSc2ccc(Br)cc21. The molecular weight excluding hydrogens is 246 g/mol. The Kier molecular flexibility index (Phi) is 2.96. The molecule has 1 atom stereocenters. The normalized spacial score (nSPS) is 21.2. The summed E-state index contributed by atoms with van der Waals surface area (Å²) in [4.78, 5) is 1.41. The number of thioether (sulfide) groups is 1. The van der Waals surface area contributed by atoms with Crippen molar-refractivity contribution in [1.29, 1.82) is 0 Å². The molecule has 1 aliphatic heterocycles. The van der Waals surface area contributed by atoms with Gasteiger partial charge in [0, 0.05) is 9.37 Å². The highest BCUT2D eigenvalue weighted by Crippen LogP contribution is 2.38. The summed E-state index contributed by atoms with van der Waals surface area (Å²) in [7, 11) is 0. The molecule has 0 saturated carbocycles. The minimum absolute atomic E-state index is 0.564. The fraction of sp³-hybridized carbons (Fsp3) is 0.400. The van der Waals surface area contributed by atoms with Crippen molar-refractivity contribution in [2.45, 2.75) is 17.2 Å². The average Bonchev–Trinajstić information content (AvgIpc) is 2.17. The standard InChI is InChI=1S/C10H12BrNS/c11-8-1-2-10-9(5-8)7(6-12)3-4-13-10/h1-2,5,7H,3-4,6,12H2. The summed E-state index contributed by atoms with van der Waals surface area (Å²) in [5.41, 5.74) is 7.17. The van der Waals surface area contributed by atoms with Crippen molar-refractivity contribution in [3.05, 3.63) is 28.2 Å². The van der Waals surface area contributed by atoms with E-state index in [0.29, 0.717) is 5.92 Å². The Morgan fingerprint density at radius 1 is 1.54 bits per heavy atom. The van der Waals surface area contributed by atoms with Crippen LogP contribution in [0, 0.1) is 0 Å². The maximum atomic E-state index is 5.74. The summed E-state index contributed by atoms with van der Waals surface area (Å²) < 4.78 is 1.16. The molecule has 13 heavy (non-hydrogen) atoms. The Hall–Kier alpha value is 0.01000. The van der Waals surface area contributed by atoms with Crippen LogP contribution in [0.15, 0.2) is 27.6 Å². The minimum atomic E-state index is 0.564. The van der Waals surface area contributed by atoms with Crippen LogP contribution in [0.25, 0.3) is 0 Å². The van der Waals surface area contributed by atoms with Crippen LogP contribution in [-0.2, 0) is 0 Å². The van der Waals surface area contributed by atoms with Crippen molar-refractivity contribution in [2.24, 2.45) is 5.73 Å². The zero-order valence-corrected chi connectivity index (χ0v) is 9.70. The molecule has 1 aromatic rings. The van der Waals surface area contributed by atoms with E-state index in [-0.39, 0.29) is 0 Å². The van der Waals surface area contributed by atoms with E-state index in [2.05, 4.69) is 34.1 Å². The lowest BCUT2D eigenvalue weighted by Crippen LogP contribution is -2.16. The van der Waals surface area contributed by atoms with E-state index in [1.165, 1.54) is 22.6 Å². The van der Waals surface area contributed by atoms with Gasteiger partial charge in [-0.15, -0.1) is 11.8 Å². The van der Waals surface area contributed by atoms with Gasteiger partial charge in [-0.05, 0) is 48.4 Å². The van der Waals surface area contributed by atoms with Gasteiger partial charge >= 0.3 is 0 Å². The predicted molar refractivity (Wildman–Crippen MR) is 61.3 cm³/mol. The Bertz CT molecular complexity index is 314. The largest absolute Gasteiger partial charge is 0.330 e. The van der Waals surface area contributed by atoms with E-state index in [4.69, 9.17) is 5.73 Å². The maximum Gasteiger partial charge on any atom is 0.0178 e. The molecular formula is C10H12BrNS. The zero-order valence-electron chi connectivity index (χ0n) is 7.29. The summed E-state index contributed by atoms with van der Waals surface area (Å²) in [6.45, 7) is 0.768. The number of hydrogen-bond acceptors (Lipinski definition) is 2. The molecule has 0 fully saturated rings. The topological polar surface area (TPSA) is 26.0 Å². The first kappa shape index (κ1) is 9.56. The van der Waals surface area contributed by atoms with Gasteiger partial charge < -0.3 is 5.73 Å². The number of rotatable bonds is 1. The zero-order chi connectivity index (χ0) is 9.26. The molecule has 0 aliphatic carbocycles. The van der Waals surface area contributed by atoms with Gasteiger partial charge in [0.15, 0.2) is 0 Å². The molecule has 1 unspecified atom stereocenters. The first-order chi connectivity index (χ1) is 6.31. The molecule has 2 rings (SSSR count). The van der Waals surface area contributed by atoms with Crippen molar-refractivity contribution >= 4 is 27.7 Å². The lowest BCUT2D eigenvalue weighted by Gasteiger charge is -2.23. The molecule has 0 radical (unpaired) electrons. The van der Waals surface area contributed by atoms with Crippen LogP contribution >= 0.6 is 27.7 Å². The second-order valence-corrected chi connectivity index (χ2v) is 5.30. The van der Waals surface area contributed by atoms with E-state index < -0.39 is 0 Å². The smallest absolute Gasteiger partial charge is 0.0178 e. The Balaban J connectivity index is 2.41. The average molecular weight is 258 g/mol. The van der Waals surface area contributed by atoms with Crippen molar-refractivity contribution < 1.29 is 0 Å². The van der Waals surface area contributed by atoms with E-state index in [9.17, 15) is 0 Å². The quantitative estimate of drug-likeness (QED) is 0.838. The van der Waals surface area contributed by atoms with Gasteiger partial charge in [0.25, 0.3) is 0 Å². The van der Waals surface area contributed by atoms with Crippen molar-refractivity contribution in [1.82, 2.24) is 0 Å². The summed E-state index contributed by atoms with van der Waals surface area (Å²) in [6, 6.07) is 6.50. The van der Waals surface area contributed by atoms with Gasteiger partial charge in [-0.25, -0.2) is 0 Å². The summed E-state index contributed by atoms with van der Waals surface area (Å²) in [6.07, 6.45) is 1.21. The van der Waals surface area contributed by atoms with Crippen LogP contribution in [-0.4, -0.2) is 12.3 Å². The third kappa shape index (κ3) is 1.92. The van der Waals surface area contributed by atoms with Gasteiger partial charge in [-0.1, -0.05) is 15.9 Å². The monoisotopic (exact) mass is 257 g/mol. The van der Waals surface area contributed by atoms with Crippen LogP contribution in [0.1, 0.15) is 17.9 Å². The van der Waals surface area contributed by atoms with E-state index in [1.807, 2.05) is 11.8 Å². The lowest BCUT2D eigenvalue weighted by molar-refractivity contribution is 0.658. The molecule has 3 heteroatoms. The first-order valence-electron chi connectivity index (χ1n) is 4.43. The molecule has 0 saturated heterocycles. The molecule has 0 amide bonds. The van der Waals surface area contributed by atoms with Crippen LogP contribution in [0.5, 0.6) is 0 Å². The molecule has 70 valence electrons. The minimum Gasteiger partial charge on any atom is -0.330 e. The van der Waals surface area contributed by atoms with Crippen molar-refractivity contribution in [3.8, 4) is 0 Å². The van der Waals surface area contributed by atoms with Crippen molar-refractivity contribution in [3.63, 3.8) is 0 Å². The van der Waals surface area contributed by atoms with Gasteiger partial charge in [-0.3, -0.25) is 0 Å². The van der Waals surface area contributed by atoms with Gasteiger partial charge in [0.05, 0.1) is 0 Å². The van der Waals surface area contributed by atoms with Gasteiger partial charge in [0.2, 0.25) is 0 Å². The highest BCUT2D eigenvalue weighted by molar-refractivity contribution is 9.10. The van der Waals surface area contributed by atoms with Crippen LogP contribution in [0.4, 0.5) is 0 Å². The number of halogens is 1. The summed E-state index contributed by atoms with van der Waals surface area (Å²) in [5, 5.41) is 0. The Labute approximate surface area is 91.2 Å². The Morgan fingerprint density at radius 2 is 2.38 bits per heavy atom. The first-order valence-corrected chi connectivity index (χ1v) is 6.21. The fourth-order valence-electron chi connectivity index (χ4n) is 1.68. The Morgan fingerprint density at radius 3 is 3.15 bits per heavy atom. The number of nitrogens with two attached hydrogens (primary N) is 1. The second kappa shape index (κ2) is 4.03. The van der Waals surface area contributed by atoms with Crippen LogP contribution < -0.4 is 5.73 Å². The third-order valence-corrected chi connectivity index (χ3v) is 4.04. The predicted octanol–water partition coefficient (Wildman–Crippen LogP) is 2.99. The van der Waals surface area contributed by atoms with Gasteiger partial charge in [-0.2, -0.15) is 0 Å². The molecule has 1 aromatic carbocycles. The van der Waals surface area contributed by atoms with Crippen LogP contribution in [0.3, 0.4) is 0 Å². The second-order valence-electron chi connectivity index (χ2n) is 3.25. The lowest BCUT2D eigenvalue weighted by atomic mass is 9.96. The van der Waals surface area contributed by atoms with Crippen LogP contribution in [0.2, 0.25) is 0 Å². The number of benzene rings is 1. The molecule has 2 N–H and O–H groups in total. The molecule has 1 heterocycles. The van der Waals surface area contributed by atoms with Gasteiger partial charge in [0.1, 0.15) is 0 Å². The van der Waals surface area contributed by atoms with E-state index >= 15 is 0 Å². The van der Waals surface area contributed by atoms with Crippen molar-refractivity contribution in [2.75, 3.05) is 12.3 Å². The number of fused-ring (bicyclic) bond motifs is 1.